The fourth-order valence-electron chi connectivity index (χ4n) is 1.50. The van der Waals surface area contributed by atoms with Crippen LogP contribution in [0.5, 0.6) is 0 Å². The predicted octanol–water partition coefficient (Wildman–Crippen LogP) is 2.02. The Bertz CT molecular complexity index is 470. The van der Waals surface area contributed by atoms with Crippen LogP contribution in [-0.4, -0.2) is 19.7 Å². The molecule has 0 N–H and O–H groups in total. The smallest absolute Gasteiger partial charge is 0.177 e. The average Bonchev–Trinajstić information content (AvgIpc) is 2.44. The van der Waals surface area contributed by atoms with Crippen LogP contribution >= 0.6 is 0 Å². The van der Waals surface area contributed by atoms with Crippen LogP contribution in [0.1, 0.15) is 31.3 Å². The Kier molecular flexibility index (Phi) is 1.98. The lowest BCUT2D eigenvalue weighted by molar-refractivity contribution is 0.542. The van der Waals surface area contributed by atoms with Crippen LogP contribution in [0.2, 0.25) is 0 Å². The Morgan fingerprint density at radius 1 is 1.29 bits per heavy atom. The van der Waals surface area contributed by atoms with Crippen LogP contribution in [0.15, 0.2) is 6.20 Å². The number of aromatic nitrogens is 4. The van der Waals surface area contributed by atoms with Crippen molar-refractivity contribution in [2.75, 3.05) is 0 Å². The summed E-state index contributed by atoms with van der Waals surface area (Å²) in [4.78, 5) is 8.79. The highest BCUT2D eigenvalue weighted by Crippen LogP contribution is 2.17. The molecule has 4 nitrogen and oxygen atoms in total. The van der Waals surface area contributed by atoms with Gasteiger partial charge in [0.25, 0.3) is 0 Å². The van der Waals surface area contributed by atoms with Crippen molar-refractivity contribution in [1.29, 1.82) is 0 Å². The molecule has 0 unspecified atom stereocenters. The molecule has 0 saturated heterocycles. The van der Waals surface area contributed by atoms with Gasteiger partial charge in [-0.3, -0.25) is 0 Å². The van der Waals surface area contributed by atoms with E-state index in [0.29, 0.717) is 6.04 Å². The van der Waals surface area contributed by atoms with E-state index in [0.717, 1.165) is 22.6 Å². The van der Waals surface area contributed by atoms with Crippen molar-refractivity contribution in [2.24, 2.45) is 0 Å². The summed E-state index contributed by atoms with van der Waals surface area (Å²) in [6.45, 7) is 8.09. The first-order valence-electron chi connectivity index (χ1n) is 4.78. The van der Waals surface area contributed by atoms with E-state index in [1.807, 2.05) is 18.5 Å². The zero-order chi connectivity index (χ0) is 10.3. The third-order valence-corrected chi connectivity index (χ3v) is 2.18. The molecule has 2 aromatic rings. The second-order valence-electron chi connectivity index (χ2n) is 3.81. The molecular weight excluding hydrogens is 176 g/mol. The molecule has 2 rings (SSSR count). The molecular formula is C10H14N4. The van der Waals surface area contributed by atoms with Crippen molar-refractivity contribution in [1.82, 2.24) is 19.7 Å². The molecule has 14 heavy (non-hydrogen) atoms. The molecule has 0 spiro atoms. The number of fused-ring (bicyclic) bond motifs is 1. The topological polar surface area (TPSA) is 43.6 Å². The minimum atomic E-state index is 0.322. The second-order valence-corrected chi connectivity index (χ2v) is 3.81. The molecule has 0 aliphatic heterocycles. The lowest BCUT2D eigenvalue weighted by Gasteiger charge is -2.05. The lowest BCUT2D eigenvalue weighted by atomic mass is 10.3. The predicted molar refractivity (Wildman–Crippen MR) is 55.2 cm³/mol. The summed E-state index contributed by atoms with van der Waals surface area (Å²) < 4.78 is 1.91. The maximum absolute atomic E-state index is 4.43. The first kappa shape index (κ1) is 9.12. The molecule has 0 aliphatic carbocycles. The Morgan fingerprint density at radius 2 is 2.00 bits per heavy atom. The van der Waals surface area contributed by atoms with E-state index in [2.05, 4.69) is 28.9 Å². The summed E-state index contributed by atoms with van der Waals surface area (Å²) >= 11 is 0. The van der Waals surface area contributed by atoms with E-state index >= 15 is 0 Å². The highest BCUT2D eigenvalue weighted by Gasteiger charge is 2.11. The molecule has 0 bridgehead atoms. The number of rotatable bonds is 1. The summed E-state index contributed by atoms with van der Waals surface area (Å²) in [5.41, 5.74) is 3.68. The van der Waals surface area contributed by atoms with Gasteiger partial charge in [0.05, 0.1) is 17.6 Å². The molecule has 74 valence electrons. The van der Waals surface area contributed by atoms with Gasteiger partial charge in [-0.2, -0.15) is 5.10 Å². The zero-order valence-electron chi connectivity index (χ0n) is 8.94. The van der Waals surface area contributed by atoms with Gasteiger partial charge in [0.2, 0.25) is 0 Å². The number of hydrogen-bond donors (Lipinski definition) is 0. The van der Waals surface area contributed by atoms with Gasteiger partial charge in [-0.05, 0) is 27.7 Å². The molecule has 0 fully saturated rings. The fraction of sp³-hybridized carbons (Fsp3) is 0.500. The number of aryl methyl sites for hydroxylation is 2. The van der Waals surface area contributed by atoms with E-state index in [-0.39, 0.29) is 0 Å². The van der Waals surface area contributed by atoms with Crippen LogP contribution in [-0.2, 0) is 0 Å². The van der Waals surface area contributed by atoms with Crippen molar-refractivity contribution < 1.29 is 0 Å². The normalized spacial score (nSPS) is 11.5. The molecule has 0 radical (unpaired) electrons. The van der Waals surface area contributed by atoms with Crippen LogP contribution < -0.4 is 0 Å². The van der Waals surface area contributed by atoms with Gasteiger partial charge in [0, 0.05) is 6.04 Å². The summed E-state index contributed by atoms with van der Waals surface area (Å²) in [7, 11) is 0. The molecule has 2 heterocycles. The maximum atomic E-state index is 4.43. The van der Waals surface area contributed by atoms with Crippen LogP contribution in [0.3, 0.4) is 0 Å². The first-order valence-corrected chi connectivity index (χ1v) is 4.78. The zero-order valence-corrected chi connectivity index (χ0v) is 8.94. The molecule has 0 saturated carbocycles. The van der Waals surface area contributed by atoms with Gasteiger partial charge in [0.1, 0.15) is 5.52 Å². The number of hydrogen-bond acceptors (Lipinski definition) is 3. The highest BCUT2D eigenvalue weighted by molar-refractivity contribution is 5.73. The number of nitrogens with zero attached hydrogens (tertiary/aromatic N) is 4. The summed E-state index contributed by atoms with van der Waals surface area (Å²) in [5, 5.41) is 4.42. The van der Waals surface area contributed by atoms with Crippen molar-refractivity contribution in [3.8, 4) is 0 Å². The van der Waals surface area contributed by atoms with Gasteiger partial charge in [0.15, 0.2) is 5.65 Å². The average molecular weight is 190 g/mol. The van der Waals surface area contributed by atoms with Gasteiger partial charge >= 0.3 is 0 Å². The quantitative estimate of drug-likeness (QED) is 0.691. The fourth-order valence-corrected chi connectivity index (χ4v) is 1.50. The lowest BCUT2D eigenvalue weighted by Crippen LogP contribution is -2.03. The van der Waals surface area contributed by atoms with Crippen molar-refractivity contribution in [2.45, 2.75) is 33.7 Å². The molecule has 0 aliphatic rings. The summed E-state index contributed by atoms with van der Waals surface area (Å²) in [6, 6.07) is 0.322. The minimum Gasteiger partial charge on any atom is -0.246 e. The molecule has 0 amide bonds. The third kappa shape index (κ3) is 1.27. The van der Waals surface area contributed by atoms with Crippen LogP contribution in [0.4, 0.5) is 0 Å². The Hall–Kier alpha value is -1.45. The van der Waals surface area contributed by atoms with E-state index in [1.54, 1.807) is 6.20 Å². The Balaban J connectivity index is 2.77. The standard InChI is InChI=1S/C10H14N4/c1-6(2)14-10-9(8(4)13-14)12-7(3)5-11-10/h5-6H,1-4H3. The summed E-state index contributed by atoms with van der Waals surface area (Å²) in [6.07, 6.45) is 1.78. The monoisotopic (exact) mass is 190 g/mol. The minimum absolute atomic E-state index is 0.322. The van der Waals surface area contributed by atoms with Crippen molar-refractivity contribution >= 4 is 11.2 Å². The Labute approximate surface area is 83.0 Å². The van der Waals surface area contributed by atoms with Crippen molar-refractivity contribution in [3.05, 3.63) is 17.6 Å². The SMILES string of the molecule is Cc1cnc2c(n1)c(C)nn2C(C)C. The van der Waals surface area contributed by atoms with E-state index < -0.39 is 0 Å². The third-order valence-electron chi connectivity index (χ3n) is 2.18. The van der Waals surface area contributed by atoms with E-state index in [4.69, 9.17) is 0 Å². The highest BCUT2D eigenvalue weighted by atomic mass is 15.3. The molecule has 0 atom stereocenters. The maximum Gasteiger partial charge on any atom is 0.177 e. The van der Waals surface area contributed by atoms with E-state index in [9.17, 15) is 0 Å². The molecule has 2 aromatic heterocycles. The van der Waals surface area contributed by atoms with Gasteiger partial charge in [-0.1, -0.05) is 0 Å². The molecule has 4 heteroatoms. The molecule has 0 aromatic carbocycles. The second kappa shape index (κ2) is 3.04. The Morgan fingerprint density at radius 3 is 2.64 bits per heavy atom. The van der Waals surface area contributed by atoms with Crippen molar-refractivity contribution in [3.63, 3.8) is 0 Å². The van der Waals surface area contributed by atoms with Gasteiger partial charge in [-0.15, -0.1) is 0 Å². The summed E-state index contributed by atoms with van der Waals surface area (Å²) in [5.74, 6) is 0. The van der Waals surface area contributed by atoms with E-state index in [1.165, 1.54) is 0 Å². The van der Waals surface area contributed by atoms with Gasteiger partial charge in [-0.25, -0.2) is 14.6 Å². The largest absolute Gasteiger partial charge is 0.246 e. The van der Waals surface area contributed by atoms with Gasteiger partial charge < -0.3 is 0 Å². The van der Waals surface area contributed by atoms with Crippen LogP contribution in [0, 0.1) is 13.8 Å². The first-order chi connectivity index (χ1) is 6.59. The van der Waals surface area contributed by atoms with Crippen LogP contribution in [0.25, 0.3) is 11.2 Å².